The van der Waals surface area contributed by atoms with Crippen molar-refractivity contribution in [1.29, 1.82) is 0 Å². The molecular weight excluding hydrogens is 335 g/mol. The Balaban J connectivity index is 2.37. The van der Waals surface area contributed by atoms with Gasteiger partial charge < -0.3 is 9.47 Å². The number of hydrogen-bond acceptors (Lipinski definition) is 4. The first-order chi connectivity index (χ1) is 8.16. The van der Waals surface area contributed by atoms with E-state index in [1.54, 1.807) is 18.0 Å². The summed E-state index contributed by atoms with van der Waals surface area (Å²) in [6, 6.07) is 0. The zero-order chi connectivity index (χ0) is 12.7. The summed E-state index contributed by atoms with van der Waals surface area (Å²) >= 11 is 2.02. The predicted octanol–water partition coefficient (Wildman–Crippen LogP) is 1.21. The standard InChI is InChI=1S/C11H17IN2O3/c1-9-10(12)11(15)14(8-13-9)4-7-17-6-3-5-16-2/h8H,3-7H2,1-2H3. The van der Waals surface area contributed by atoms with Gasteiger partial charge in [-0.25, -0.2) is 4.98 Å². The molecule has 1 heterocycles. The van der Waals surface area contributed by atoms with Gasteiger partial charge in [0.1, 0.15) is 0 Å². The van der Waals surface area contributed by atoms with Gasteiger partial charge in [-0.2, -0.15) is 0 Å². The molecule has 17 heavy (non-hydrogen) atoms. The van der Waals surface area contributed by atoms with Crippen LogP contribution in [0.4, 0.5) is 0 Å². The molecule has 0 radical (unpaired) electrons. The Morgan fingerprint density at radius 3 is 2.88 bits per heavy atom. The molecule has 6 heteroatoms. The number of halogens is 1. The van der Waals surface area contributed by atoms with Crippen LogP contribution in [-0.4, -0.2) is 36.5 Å². The average Bonchev–Trinajstić information content (AvgIpc) is 2.33. The van der Waals surface area contributed by atoms with E-state index in [0.717, 1.165) is 12.1 Å². The molecular formula is C11H17IN2O3. The first-order valence-corrected chi connectivity index (χ1v) is 6.53. The largest absolute Gasteiger partial charge is 0.385 e. The van der Waals surface area contributed by atoms with Gasteiger partial charge in [0.2, 0.25) is 0 Å². The first kappa shape index (κ1) is 14.6. The quantitative estimate of drug-likeness (QED) is 0.547. The number of nitrogens with zero attached hydrogens (tertiary/aromatic N) is 2. The molecule has 0 N–H and O–H groups in total. The zero-order valence-electron chi connectivity index (χ0n) is 10.1. The topological polar surface area (TPSA) is 53.4 Å². The van der Waals surface area contributed by atoms with E-state index in [9.17, 15) is 4.79 Å². The Bertz CT molecular complexity index is 406. The van der Waals surface area contributed by atoms with Crippen molar-refractivity contribution in [2.45, 2.75) is 19.9 Å². The molecule has 0 unspecified atom stereocenters. The maximum absolute atomic E-state index is 11.8. The normalized spacial score (nSPS) is 10.8. The van der Waals surface area contributed by atoms with Crippen molar-refractivity contribution >= 4 is 22.6 Å². The maximum Gasteiger partial charge on any atom is 0.267 e. The number of methoxy groups -OCH3 is 1. The zero-order valence-corrected chi connectivity index (χ0v) is 12.3. The van der Waals surface area contributed by atoms with Crippen LogP contribution in [0.3, 0.4) is 0 Å². The molecule has 0 aromatic carbocycles. The number of hydrogen-bond donors (Lipinski definition) is 0. The van der Waals surface area contributed by atoms with Crippen LogP contribution in [0.2, 0.25) is 0 Å². The van der Waals surface area contributed by atoms with E-state index in [2.05, 4.69) is 4.98 Å². The van der Waals surface area contributed by atoms with E-state index in [1.165, 1.54) is 0 Å². The Kier molecular flexibility index (Phi) is 6.68. The third-order valence-corrected chi connectivity index (χ3v) is 3.51. The van der Waals surface area contributed by atoms with Crippen molar-refractivity contribution in [3.8, 4) is 0 Å². The minimum atomic E-state index is -0.00130. The van der Waals surface area contributed by atoms with Crippen molar-refractivity contribution in [2.24, 2.45) is 0 Å². The lowest BCUT2D eigenvalue weighted by atomic mass is 10.4. The molecule has 0 aliphatic heterocycles. The van der Waals surface area contributed by atoms with Crippen molar-refractivity contribution in [3.63, 3.8) is 0 Å². The van der Waals surface area contributed by atoms with Crippen LogP contribution >= 0.6 is 22.6 Å². The third kappa shape index (κ3) is 4.72. The van der Waals surface area contributed by atoms with Gasteiger partial charge in [0.25, 0.3) is 5.56 Å². The van der Waals surface area contributed by atoms with Crippen molar-refractivity contribution in [2.75, 3.05) is 26.9 Å². The fourth-order valence-electron chi connectivity index (χ4n) is 1.28. The van der Waals surface area contributed by atoms with E-state index in [0.29, 0.717) is 29.9 Å². The van der Waals surface area contributed by atoms with E-state index in [1.807, 2.05) is 29.5 Å². The molecule has 96 valence electrons. The highest BCUT2D eigenvalue weighted by molar-refractivity contribution is 14.1. The van der Waals surface area contributed by atoms with Gasteiger partial charge >= 0.3 is 0 Å². The molecule has 0 saturated carbocycles. The lowest BCUT2D eigenvalue weighted by molar-refractivity contribution is 0.0970. The van der Waals surface area contributed by atoms with Gasteiger partial charge in [-0.3, -0.25) is 9.36 Å². The van der Waals surface area contributed by atoms with Crippen LogP contribution in [0, 0.1) is 10.5 Å². The van der Waals surface area contributed by atoms with Gasteiger partial charge in [0.05, 0.1) is 28.7 Å². The Morgan fingerprint density at radius 2 is 2.18 bits per heavy atom. The minimum Gasteiger partial charge on any atom is -0.385 e. The lowest BCUT2D eigenvalue weighted by Crippen LogP contribution is -2.26. The fourth-order valence-corrected chi connectivity index (χ4v) is 1.72. The summed E-state index contributed by atoms with van der Waals surface area (Å²) in [5.74, 6) is 0. The van der Waals surface area contributed by atoms with Gasteiger partial charge in [0.15, 0.2) is 0 Å². The van der Waals surface area contributed by atoms with E-state index >= 15 is 0 Å². The van der Waals surface area contributed by atoms with Crippen molar-refractivity contribution in [1.82, 2.24) is 9.55 Å². The second kappa shape index (κ2) is 7.78. The van der Waals surface area contributed by atoms with Crippen molar-refractivity contribution < 1.29 is 9.47 Å². The van der Waals surface area contributed by atoms with Crippen LogP contribution in [0.25, 0.3) is 0 Å². The Hall–Kier alpha value is -0.470. The molecule has 0 aliphatic carbocycles. The van der Waals surface area contributed by atoms with Crippen molar-refractivity contribution in [3.05, 3.63) is 25.9 Å². The molecule has 5 nitrogen and oxygen atoms in total. The third-order valence-electron chi connectivity index (χ3n) is 2.27. The number of aryl methyl sites for hydroxylation is 1. The summed E-state index contributed by atoms with van der Waals surface area (Å²) in [5, 5.41) is 0. The molecule has 0 aliphatic rings. The van der Waals surface area contributed by atoms with Gasteiger partial charge in [-0.05, 0) is 35.9 Å². The highest BCUT2D eigenvalue weighted by atomic mass is 127. The summed E-state index contributed by atoms with van der Waals surface area (Å²) in [7, 11) is 1.67. The molecule has 1 aromatic heterocycles. The van der Waals surface area contributed by atoms with Crippen LogP contribution < -0.4 is 5.56 Å². The molecule has 1 rings (SSSR count). The second-order valence-corrected chi connectivity index (χ2v) is 4.68. The highest BCUT2D eigenvalue weighted by Gasteiger charge is 2.04. The van der Waals surface area contributed by atoms with E-state index < -0.39 is 0 Å². The van der Waals surface area contributed by atoms with Gasteiger partial charge in [-0.15, -0.1) is 0 Å². The molecule has 0 saturated heterocycles. The SMILES string of the molecule is COCCCOCCn1cnc(C)c(I)c1=O. The van der Waals surface area contributed by atoms with Crippen LogP contribution in [0.15, 0.2) is 11.1 Å². The molecule has 0 bridgehead atoms. The summed E-state index contributed by atoms with van der Waals surface area (Å²) in [5.41, 5.74) is 0.770. The molecule has 0 amide bonds. The summed E-state index contributed by atoms with van der Waals surface area (Å²) in [6.45, 7) is 4.23. The van der Waals surface area contributed by atoms with E-state index in [-0.39, 0.29) is 5.56 Å². The lowest BCUT2D eigenvalue weighted by Gasteiger charge is -2.07. The summed E-state index contributed by atoms with van der Waals surface area (Å²) < 4.78 is 12.5. The number of rotatable bonds is 7. The summed E-state index contributed by atoms with van der Waals surface area (Å²) in [6.07, 6.45) is 2.44. The first-order valence-electron chi connectivity index (χ1n) is 5.45. The molecule has 0 atom stereocenters. The maximum atomic E-state index is 11.8. The average molecular weight is 352 g/mol. The van der Waals surface area contributed by atoms with Crippen LogP contribution in [0.1, 0.15) is 12.1 Å². The molecule has 0 fully saturated rings. The Morgan fingerprint density at radius 1 is 1.41 bits per heavy atom. The van der Waals surface area contributed by atoms with Gasteiger partial charge in [-0.1, -0.05) is 0 Å². The van der Waals surface area contributed by atoms with Crippen LogP contribution in [-0.2, 0) is 16.0 Å². The fraction of sp³-hybridized carbons (Fsp3) is 0.636. The van der Waals surface area contributed by atoms with Crippen LogP contribution in [0.5, 0.6) is 0 Å². The second-order valence-electron chi connectivity index (χ2n) is 3.60. The number of ether oxygens (including phenoxy) is 2. The predicted molar refractivity (Wildman–Crippen MR) is 73.3 cm³/mol. The molecule has 0 spiro atoms. The number of aromatic nitrogens is 2. The summed E-state index contributed by atoms with van der Waals surface area (Å²) in [4.78, 5) is 15.9. The smallest absolute Gasteiger partial charge is 0.267 e. The monoisotopic (exact) mass is 352 g/mol. The highest BCUT2D eigenvalue weighted by Crippen LogP contribution is 2.01. The Labute approximate surface area is 114 Å². The minimum absolute atomic E-state index is 0.00130. The molecule has 1 aromatic rings. The van der Waals surface area contributed by atoms with E-state index in [4.69, 9.17) is 9.47 Å². The van der Waals surface area contributed by atoms with Gasteiger partial charge in [0, 0.05) is 20.3 Å².